The number of carbonyl (C=O) groups is 1. The highest BCUT2D eigenvalue weighted by Gasteiger charge is 2.21. The highest BCUT2D eigenvalue weighted by molar-refractivity contribution is 7.10. The zero-order valence-electron chi connectivity index (χ0n) is 7.28. The third-order valence-corrected chi connectivity index (χ3v) is 2.79. The van der Waals surface area contributed by atoms with Crippen molar-refractivity contribution in [3.8, 4) is 0 Å². The first-order valence-electron chi connectivity index (χ1n) is 4.15. The first kappa shape index (κ1) is 8.44. The maximum atomic E-state index is 11.1. The lowest BCUT2D eigenvalue weighted by atomic mass is 10.3. The van der Waals surface area contributed by atoms with Crippen LogP contribution in [-0.2, 0) is 11.2 Å². The molecule has 1 aliphatic rings. The Morgan fingerprint density at radius 1 is 1.69 bits per heavy atom. The number of hydrogen-bond donors (Lipinski definition) is 1. The molecule has 0 fully saturated rings. The fourth-order valence-electron chi connectivity index (χ4n) is 1.24. The molecular weight excluding hydrogens is 184 g/mol. The second kappa shape index (κ2) is 3.30. The Morgan fingerprint density at radius 3 is 3.08 bits per heavy atom. The Morgan fingerprint density at radius 2 is 2.54 bits per heavy atom. The lowest BCUT2D eigenvalue weighted by Crippen LogP contribution is -2.28. The molecule has 68 valence electrons. The van der Waals surface area contributed by atoms with E-state index < -0.39 is 0 Å². The number of carbonyl (C=O) groups excluding carboxylic acids is 1. The van der Waals surface area contributed by atoms with Crippen LogP contribution in [0, 0.1) is 0 Å². The molecule has 1 aromatic heterocycles. The zero-order valence-corrected chi connectivity index (χ0v) is 8.10. The quantitative estimate of drug-likeness (QED) is 0.755. The fraction of sp³-hybridized carbons (Fsp3) is 0.333. The van der Waals surface area contributed by atoms with E-state index >= 15 is 0 Å². The number of nitrogens with one attached hydrogen (secondary N) is 1. The zero-order chi connectivity index (χ0) is 9.26. The predicted molar refractivity (Wildman–Crippen MR) is 53.1 cm³/mol. The summed E-state index contributed by atoms with van der Waals surface area (Å²) in [5, 5.41) is 4.78. The number of aliphatic imine (C=N–C) groups is 1. The lowest BCUT2D eigenvalue weighted by Gasteiger charge is -1.96. The first-order valence-corrected chi connectivity index (χ1v) is 5.03. The number of rotatable bonds is 2. The molecule has 1 amide bonds. The van der Waals surface area contributed by atoms with E-state index in [-0.39, 0.29) is 11.9 Å². The van der Waals surface area contributed by atoms with Crippen LogP contribution in [0.5, 0.6) is 0 Å². The van der Waals surface area contributed by atoms with E-state index in [1.807, 2.05) is 17.5 Å². The second-order valence-corrected chi connectivity index (χ2v) is 4.03. The van der Waals surface area contributed by atoms with E-state index in [1.54, 1.807) is 18.3 Å². The van der Waals surface area contributed by atoms with E-state index in [1.165, 1.54) is 4.88 Å². The van der Waals surface area contributed by atoms with Crippen LogP contribution >= 0.6 is 11.3 Å². The summed E-state index contributed by atoms with van der Waals surface area (Å²) < 4.78 is 0. The van der Waals surface area contributed by atoms with Crippen LogP contribution in [-0.4, -0.2) is 17.8 Å². The molecule has 2 heterocycles. The fourth-order valence-corrected chi connectivity index (χ4v) is 1.95. The minimum Gasteiger partial charge on any atom is -0.312 e. The molecule has 1 unspecified atom stereocenters. The van der Waals surface area contributed by atoms with Crippen LogP contribution in [0.1, 0.15) is 11.8 Å². The topological polar surface area (TPSA) is 41.5 Å². The molecule has 4 heteroatoms. The third-order valence-electron chi connectivity index (χ3n) is 1.92. The summed E-state index contributed by atoms with van der Waals surface area (Å²) in [6, 6.07) is 3.83. The van der Waals surface area contributed by atoms with E-state index in [2.05, 4.69) is 10.3 Å². The van der Waals surface area contributed by atoms with Crippen molar-refractivity contribution < 1.29 is 4.79 Å². The van der Waals surface area contributed by atoms with Crippen molar-refractivity contribution in [2.45, 2.75) is 19.4 Å². The average Bonchev–Trinajstić information content (AvgIpc) is 2.64. The molecule has 0 aliphatic carbocycles. The van der Waals surface area contributed by atoms with Gasteiger partial charge >= 0.3 is 0 Å². The average molecular weight is 194 g/mol. The highest BCUT2D eigenvalue weighted by atomic mass is 32.1. The maximum absolute atomic E-state index is 11.1. The van der Waals surface area contributed by atoms with Crippen LogP contribution in [0.2, 0.25) is 0 Å². The molecule has 0 saturated heterocycles. The van der Waals surface area contributed by atoms with Gasteiger partial charge in [-0.15, -0.1) is 11.3 Å². The minimum atomic E-state index is -0.213. The number of thiophene rings is 1. The summed E-state index contributed by atoms with van der Waals surface area (Å²) in [5.41, 5.74) is 0. The number of amidine groups is 1. The molecule has 1 atom stereocenters. The van der Waals surface area contributed by atoms with Crippen LogP contribution < -0.4 is 5.32 Å². The molecule has 0 aromatic carbocycles. The number of nitrogens with zero attached hydrogens (tertiary/aromatic N) is 1. The Kier molecular flexibility index (Phi) is 2.14. The van der Waals surface area contributed by atoms with Gasteiger partial charge in [0.1, 0.15) is 11.9 Å². The molecule has 3 nitrogen and oxygen atoms in total. The summed E-state index contributed by atoms with van der Waals surface area (Å²) in [6.07, 6.45) is 0.744. The summed E-state index contributed by atoms with van der Waals surface area (Å²) in [5.74, 6) is 0.798. The normalized spacial score (nSPS) is 21.5. The van der Waals surface area contributed by atoms with Crippen molar-refractivity contribution in [3.63, 3.8) is 0 Å². The molecule has 0 radical (unpaired) electrons. The number of hydrogen-bond acceptors (Lipinski definition) is 3. The van der Waals surface area contributed by atoms with Gasteiger partial charge in [0.25, 0.3) is 0 Å². The van der Waals surface area contributed by atoms with Crippen molar-refractivity contribution in [2.24, 2.45) is 4.99 Å². The minimum absolute atomic E-state index is 0.00607. The van der Waals surface area contributed by atoms with Gasteiger partial charge in [0.05, 0.1) is 0 Å². The first-order chi connectivity index (χ1) is 6.25. The Bertz CT molecular complexity index is 343. The predicted octanol–water partition coefficient (Wildman–Crippen LogP) is 1.21. The summed E-state index contributed by atoms with van der Waals surface area (Å²) in [6.45, 7) is 1.80. The van der Waals surface area contributed by atoms with Gasteiger partial charge in [-0.05, 0) is 18.4 Å². The van der Waals surface area contributed by atoms with Crippen molar-refractivity contribution in [3.05, 3.63) is 22.4 Å². The molecule has 0 saturated carbocycles. The highest BCUT2D eigenvalue weighted by Crippen LogP contribution is 2.11. The summed E-state index contributed by atoms with van der Waals surface area (Å²) in [4.78, 5) is 16.5. The monoisotopic (exact) mass is 194 g/mol. The van der Waals surface area contributed by atoms with Crippen LogP contribution in [0.4, 0.5) is 0 Å². The third kappa shape index (κ3) is 1.78. The Hall–Kier alpha value is -1.16. The summed E-state index contributed by atoms with van der Waals surface area (Å²) >= 11 is 1.68. The molecule has 1 aliphatic heterocycles. The maximum Gasteiger partial charge on any atom is 0.249 e. The smallest absolute Gasteiger partial charge is 0.249 e. The molecular formula is C9H10N2OS. The molecule has 1 aromatic rings. The van der Waals surface area contributed by atoms with Gasteiger partial charge < -0.3 is 5.32 Å². The van der Waals surface area contributed by atoms with Crippen molar-refractivity contribution in [1.29, 1.82) is 0 Å². The molecule has 0 bridgehead atoms. The number of amides is 1. The molecule has 1 N–H and O–H groups in total. The van der Waals surface area contributed by atoms with Crippen molar-refractivity contribution in [2.75, 3.05) is 0 Å². The van der Waals surface area contributed by atoms with Gasteiger partial charge in [-0.2, -0.15) is 0 Å². The summed E-state index contributed by atoms with van der Waals surface area (Å²) in [7, 11) is 0. The van der Waals surface area contributed by atoms with E-state index in [0.29, 0.717) is 0 Å². The van der Waals surface area contributed by atoms with Gasteiger partial charge in [-0.25, -0.2) is 0 Å². The Labute approximate surface area is 80.5 Å². The van der Waals surface area contributed by atoms with Gasteiger partial charge in [0.2, 0.25) is 5.91 Å². The molecule has 0 spiro atoms. The van der Waals surface area contributed by atoms with Crippen LogP contribution in [0.25, 0.3) is 0 Å². The largest absolute Gasteiger partial charge is 0.312 e. The van der Waals surface area contributed by atoms with E-state index in [9.17, 15) is 4.79 Å². The van der Waals surface area contributed by atoms with Gasteiger partial charge in [-0.1, -0.05) is 6.07 Å². The van der Waals surface area contributed by atoms with E-state index in [0.717, 1.165) is 12.3 Å². The van der Waals surface area contributed by atoms with Crippen LogP contribution in [0.15, 0.2) is 22.5 Å². The van der Waals surface area contributed by atoms with E-state index in [4.69, 9.17) is 0 Å². The second-order valence-electron chi connectivity index (χ2n) is 3.00. The van der Waals surface area contributed by atoms with Gasteiger partial charge in [0.15, 0.2) is 0 Å². The molecule has 2 rings (SSSR count). The van der Waals surface area contributed by atoms with Gasteiger partial charge in [0, 0.05) is 11.3 Å². The standard InChI is InChI=1S/C9H10N2OS/c1-6-9(12)11-8(10-6)5-7-3-2-4-13-7/h2-4,6H,5H2,1H3,(H,10,11,12). The van der Waals surface area contributed by atoms with Crippen molar-refractivity contribution >= 4 is 23.1 Å². The SMILES string of the molecule is CC1N=C(Cc2cccs2)NC1=O. The van der Waals surface area contributed by atoms with Crippen molar-refractivity contribution in [1.82, 2.24) is 5.32 Å². The Balaban J connectivity index is 2.05. The lowest BCUT2D eigenvalue weighted by molar-refractivity contribution is -0.119. The van der Waals surface area contributed by atoms with Gasteiger partial charge in [-0.3, -0.25) is 9.79 Å². The molecule has 13 heavy (non-hydrogen) atoms. The van der Waals surface area contributed by atoms with Crippen LogP contribution in [0.3, 0.4) is 0 Å².